The number of rotatable bonds is 1. The van der Waals surface area contributed by atoms with Gasteiger partial charge in [-0.3, -0.25) is 0 Å². The van der Waals surface area contributed by atoms with Crippen molar-refractivity contribution in [1.82, 2.24) is 0 Å². The maximum atomic E-state index is 9.74. The minimum Gasteiger partial charge on any atom is -0.507 e. The van der Waals surface area contributed by atoms with Crippen LogP contribution >= 0.6 is 0 Å². The van der Waals surface area contributed by atoms with Gasteiger partial charge in [0, 0.05) is 28.2 Å². The van der Waals surface area contributed by atoms with Crippen molar-refractivity contribution >= 4 is 17.1 Å². The molecule has 0 saturated carbocycles. The molecule has 0 spiro atoms. The summed E-state index contributed by atoms with van der Waals surface area (Å²) in [7, 11) is 0. The van der Waals surface area contributed by atoms with Crippen molar-refractivity contribution in [3.8, 4) is 16.9 Å². The number of benzene rings is 2. The normalized spacial score (nSPS) is 10.2. The SMILES string of the molecule is Nc1ccc(-c2cc(N)ccc2O)c(N)c1. The van der Waals surface area contributed by atoms with E-state index in [4.69, 9.17) is 17.2 Å². The van der Waals surface area contributed by atoms with E-state index in [0.717, 1.165) is 5.56 Å². The maximum Gasteiger partial charge on any atom is 0.123 e. The number of phenolic OH excluding ortho intramolecular Hbond substituents is 1. The molecule has 0 radical (unpaired) electrons. The fourth-order valence-electron chi connectivity index (χ4n) is 1.60. The second kappa shape index (κ2) is 3.66. The molecule has 0 saturated heterocycles. The van der Waals surface area contributed by atoms with Crippen molar-refractivity contribution in [3.05, 3.63) is 36.4 Å². The van der Waals surface area contributed by atoms with Crippen molar-refractivity contribution in [1.29, 1.82) is 0 Å². The molecule has 4 heteroatoms. The summed E-state index contributed by atoms with van der Waals surface area (Å²) in [5, 5.41) is 9.74. The van der Waals surface area contributed by atoms with Crippen LogP contribution in [0.25, 0.3) is 11.1 Å². The fraction of sp³-hybridized carbons (Fsp3) is 0. The predicted octanol–water partition coefficient (Wildman–Crippen LogP) is 1.81. The molecule has 0 heterocycles. The number of nitrogens with two attached hydrogens (primary N) is 3. The van der Waals surface area contributed by atoms with E-state index in [1.807, 2.05) is 0 Å². The first kappa shape index (κ1) is 10.2. The number of nitrogen functional groups attached to an aromatic ring is 3. The van der Waals surface area contributed by atoms with Crippen molar-refractivity contribution < 1.29 is 5.11 Å². The number of phenols is 1. The Morgan fingerprint density at radius 1 is 0.750 bits per heavy atom. The summed E-state index contributed by atoms with van der Waals surface area (Å²) >= 11 is 0. The van der Waals surface area contributed by atoms with Crippen molar-refractivity contribution in [2.24, 2.45) is 0 Å². The zero-order chi connectivity index (χ0) is 11.7. The van der Waals surface area contributed by atoms with Crippen LogP contribution in [0, 0.1) is 0 Å². The van der Waals surface area contributed by atoms with Gasteiger partial charge in [-0.25, -0.2) is 0 Å². The Morgan fingerprint density at radius 3 is 2.06 bits per heavy atom. The molecule has 82 valence electrons. The topological polar surface area (TPSA) is 98.3 Å². The zero-order valence-corrected chi connectivity index (χ0v) is 8.64. The fourth-order valence-corrected chi connectivity index (χ4v) is 1.60. The molecule has 0 atom stereocenters. The van der Waals surface area contributed by atoms with E-state index in [1.165, 1.54) is 0 Å². The lowest BCUT2D eigenvalue weighted by atomic mass is 10.0. The third-order valence-corrected chi connectivity index (χ3v) is 2.39. The van der Waals surface area contributed by atoms with Gasteiger partial charge >= 0.3 is 0 Å². The standard InChI is InChI=1S/C12H13N3O/c13-7-2-4-12(16)10(5-7)9-3-1-8(14)6-11(9)15/h1-6,16H,13-15H2. The lowest BCUT2D eigenvalue weighted by Gasteiger charge is -2.09. The Morgan fingerprint density at radius 2 is 1.38 bits per heavy atom. The molecule has 0 aliphatic rings. The number of hydrogen-bond donors (Lipinski definition) is 4. The summed E-state index contributed by atoms with van der Waals surface area (Å²) in [5.74, 6) is 0.144. The van der Waals surface area contributed by atoms with Crippen molar-refractivity contribution in [2.75, 3.05) is 17.2 Å². The molecule has 7 N–H and O–H groups in total. The average Bonchev–Trinajstić information content (AvgIpc) is 2.22. The van der Waals surface area contributed by atoms with Crippen LogP contribution in [-0.2, 0) is 0 Å². The van der Waals surface area contributed by atoms with E-state index in [0.29, 0.717) is 22.6 Å². The lowest BCUT2D eigenvalue weighted by Crippen LogP contribution is -1.94. The molecule has 0 bridgehead atoms. The molecule has 0 aromatic heterocycles. The molecule has 4 nitrogen and oxygen atoms in total. The Labute approximate surface area is 93.3 Å². The van der Waals surface area contributed by atoms with Gasteiger partial charge in [0.15, 0.2) is 0 Å². The van der Waals surface area contributed by atoms with Gasteiger partial charge in [-0.1, -0.05) is 6.07 Å². The van der Waals surface area contributed by atoms with Crippen LogP contribution in [0.2, 0.25) is 0 Å². The van der Waals surface area contributed by atoms with Gasteiger partial charge in [-0.05, 0) is 30.3 Å². The van der Waals surface area contributed by atoms with Gasteiger partial charge in [0.05, 0.1) is 0 Å². The average molecular weight is 215 g/mol. The Kier molecular flexibility index (Phi) is 2.32. The minimum absolute atomic E-state index is 0.144. The van der Waals surface area contributed by atoms with Gasteiger partial charge in [-0.2, -0.15) is 0 Å². The largest absolute Gasteiger partial charge is 0.507 e. The van der Waals surface area contributed by atoms with Crippen molar-refractivity contribution in [3.63, 3.8) is 0 Å². The number of anilines is 3. The molecule has 2 aromatic carbocycles. The second-order valence-electron chi connectivity index (χ2n) is 3.62. The molecular formula is C12H13N3O. The molecule has 0 unspecified atom stereocenters. The van der Waals surface area contributed by atoms with E-state index >= 15 is 0 Å². The molecular weight excluding hydrogens is 202 g/mol. The first-order valence-corrected chi connectivity index (χ1v) is 4.82. The first-order chi connectivity index (χ1) is 7.58. The first-order valence-electron chi connectivity index (χ1n) is 4.82. The highest BCUT2D eigenvalue weighted by atomic mass is 16.3. The Bertz CT molecular complexity index is 538. The van der Waals surface area contributed by atoms with Crippen molar-refractivity contribution in [2.45, 2.75) is 0 Å². The van der Waals surface area contributed by atoms with Crippen LogP contribution in [-0.4, -0.2) is 5.11 Å². The van der Waals surface area contributed by atoms with Crippen LogP contribution in [0.4, 0.5) is 17.1 Å². The van der Waals surface area contributed by atoms with Gasteiger partial charge in [0.2, 0.25) is 0 Å². The maximum absolute atomic E-state index is 9.74. The molecule has 0 aliphatic carbocycles. The predicted molar refractivity (Wildman–Crippen MR) is 66.8 cm³/mol. The highest BCUT2D eigenvalue weighted by Gasteiger charge is 2.08. The van der Waals surface area contributed by atoms with Crippen LogP contribution in [0.1, 0.15) is 0 Å². The van der Waals surface area contributed by atoms with Gasteiger partial charge in [0.25, 0.3) is 0 Å². The lowest BCUT2D eigenvalue weighted by molar-refractivity contribution is 0.477. The third-order valence-electron chi connectivity index (χ3n) is 2.39. The van der Waals surface area contributed by atoms with E-state index in [1.54, 1.807) is 36.4 Å². The summed E-state index contributed by atoms with van der Waals surface area (Å²) in [6.45, 7) is 0. The zero-order valence-electron chi connectivity index (χ0n) is 8.64. The van der Waals surface area contributed by atoms with Crippen LogP contribution < -0.4 is 17.2 Å². The minimum atomic E-state index is 0.144. The third kappa shape index (κ3) is 1.72. The quantitative estimate of drug-likeness (QED) is 0.430. The monoisotopic (exact) mass is 215 g/mol. The summed E-state index contributed by atoms with van der Waals surface area (Å²) in [5.41, 5.74) is 20.1. The molecule has 2 aromatic rings. The molecule has 0 aliphatic heterocycles. The van der Waals surface area contributed by atoms with E-state index < -0.39 is 0 Å². The van der Waals surface area contributed by atoms with Crippen LogP contribution in [0.3, 0.4) is 0 Å². The number of hydrogen-bond acceptors (Lipinski definition) is 4. The van der Waals surface area contributed by atoms with E-state index in [9.17, 15) is 5.11 Å². The van der Waals surface area contributed by atoms with Gasteiger partial charge in [-0.15, -0.1) is 0 Å². The smallest absolute Gasteiger partial charge is 0.123 e. The Hall–Kier alpha value is -2.36. The van der Waals surface area contributed by atoms with Crippen LogP contribution in [0.5, 0.6) is 5.75 Å². The highest BCUT2D eigenvalue weighted by Crippen LogP contribution is 2.35. The molecule has 16 heavy (non-hydrogen) atoms. The molecule has 2 rings (SSSR count). The summed E-state index contributed by atoms with van der Waals surface area (Å²) in [6, 6.07) is 10.00. The Balaban J connectivity index is 2.62. The molecule has 0 fully saturated rings. The second-order valence-corrected chi connectivity index (χ2v) is 3.62. The van der Waals surface area contributed by atoms with Crippen LogP contribution in [0.15, 0.2) is 36.4 Å². The van der Waals surface area contributed by atoms with E-state index in [2.05, 4.69) is 0 Å². The van der Waals surface area contributed by atoms with Gasteiger partial charge in [0.1, 0.15) is 5.75 Å². The summed E-state index contributed by atoms with van der Waals surface area (Å²) < 4.78 is 0. The van der Waals surface area contributed by atoms with E-state index in [-0.39, 0.29) is 5.75 Å². The highest BCUT2D eigenvalue weighted by molar-refractivity contribution is 5.83. The molecule has 0 amide bonds. The summed E-state index contributed by atoms with van der Waals surface area (Å²) in [6.07, 6.45) is 0. The van der Waals surface area contributed by atoms with Gasteiger partial charge < -0.3 is 22.3 Å². The number of aromatic hydroxyl groups is 1. The summed E-state index contributed by atoms with van der Waals surface area (Å²) in [4.78, 5) is 0.